The Labute approximate surface area is 141 Å². The van der Waals surface area contributed by atoms with Crippen molar-refractivity contribution >= 4 is 21.9 Å². The lowest BCUT2D eigenvalue weighted by atomic mass is 9.78. The second-order valence-electron chi connectivity index (χ2n) is 6.06. The minimum Gasteiger partial charge on any atom is -0.465 e. The summed E-state index contributed by atoms with van der Waals surface area (Å²) in [5, 5.41) is 3.21. The molecule has 0 atom stereocenters. The molecule has 1 N–H and O–H groups in total. The number of hydrogen-bond acceptors (Lipinski definition) is 3. The maximum Gasteiger partial charge on any atom is 0.416 e. The minimum atomic E-state index is -4.53. The predicted octanol–water partition coefficient (Wildman–Crippen LogP) is 4.42. The Morgan fingerprint density at radius 1 is 1.39 bits per heavy atom. The van der Waals surface area contributed by atoms with Gasteiger partial charge in [-0.3, -0.25) is 0 Å². The Morgan fingerprint density at radius 2 is 2.04 bits per heavy atom. The van der Waals surface area contributed by atoms with Gasteiger partial charge in [-0.05, 0) is 49.4 Å². The van der Waals surface area contributed by atoms with Gasteiger partial charge < -0.3 is 10.1 Å². The van der Waals surface area contributed by atoms with Crippen molar-refractivity contribution in [3.05, 3.63) is 34.4 Å². The zero-order valence-electron chi connectivity index (χ0n) is 13.0. The van der Waals surface area contributed by atoms with Crippen LogP contribution in [-0.4, -0.2) is 18.6 Å². The third-order valence-corrected chi connectivity index (χ3v) is 4.89. The molecule has 2 rings (SSSR count). The highest BCUT2D eigenvalue weighted by Gasteiger charge is 2.36. The van der Waals surface area contributed by atoms with E-state index in [2.05, 4.69) is 32.9 Å². The van der Waals surface area contributed by atoms with E-state index in [-0.39, 0.29) is 28.5 Å². The third-order valence-electron chi connectivity index (χ3n) is 4.33. The summed E-state index contributed by atoms with van der Waals surface area (Å²) in [4.78, 5) is 11.9. The number of alkyl halides is 4. The lowest BCUT2D eigenvalue weighted by Crippen LogP contribution is -2.47. The average Bonchev–Trinajstić information content (AvgIpc) is 2.48. The van der Waals surface area contributed by atoms with E-state index in [9.17, 15) is 18.0 Å². The number of rotatable bonds is 5. The van der Waals surface area contributed by atoms with Crippen molar-refractivity contribution in [2.24, 2.45) is 0 Å². The molecule has 23 heavy (non-hydrogen) atoms. The van der Waals surface area contributed by atoms with Crippen LogP contribution in [0.2, 0.25) is 0 Å². The van der Waals surface area contributed by atoms with E-state index in [1.165, 1.54) is 6.07 Å². The highest BCUT2D eigenvalue weighted by molar-refractivity contribution is 9.08. The highest BCUT2D eigenvalue weighted by Crippen LogP contribution is 2.36. The van der Waals surface area contributed by atoms with E-state index >= 15 is 0 Å². The van der Waals surface area contributed by atoms with Crippen molar-refractivity contribution < 1.29 is 22.7 Å². The standard InChI is InChI=1S/C16H19BrF3NO2/c1-15(4-3-5-15)21-9-10-6-11(14(22)23-2)12(8-17)13(7-10)16(18,19)20/h6-7,21H,3-5,8-9H2,1-2H3. The zero-order valence-corrected chi connectivity index (χ0v) is 14.6. The first kappa shape index (κ1) is 18.3. The molecular formula is C16H19BrF3NO2. The molecular weight excluding hydrogens is 375 g/mol. The second-order valence-corrected chi connectivity index (χ2v) is 6.62. The summed E-state index contributed by atoms with van der Waals surface area (Å²) in [6, 6.07) is 2.59. The fourth-order valence-corrected chi connectivity index (χ4v) is 3.33. The summed E-state index contributed by atoms with van der Waals surface area (Å²) in [5.74, 6) is -0.762. The maximum absolute atomic E-state index is 13.3. The Balaban J connectivity index is 2.40. The average molecular weight is 394 g/mol. The molecule has 0 amide bonds. The quantitative estimate of drug-likeness (QED) is 0.594. The Kier molecular flexibility index (Phi) is 5.41. The van der Waals surface area contributed by atoms with Crippen LogP contribution in [0.4, 0.5) is 13.2 Å². The predicted molar refractivity (Wildman–Crippen MR) is 84.5 cm³/mol. The molecule has 0 spiro atoms. The monoisotopic (exact) mass is 393 g/mol. The molecule has 1 aromatic carbocycles. The highest BCUT2D eigenvalue weighted by atomic mass is 79.9. The smallest absolute Gasteiger partial charge is 0.416 e. The van der Waals surface area contributed by atoms with Crippen LogP contribution in [0.1, 0.15) is 53.2 Å². The second kappa shape index (κ2) is 6.81. The molecule has 1 saturated carbocycles. The lowest BCUT2D eigenvalue weighted by Gasteiger charge is -2.39. The van der Waals surface area contributed by atoms with Gasteiger partial charge in [0.2, 0.25) is 0 Å². The number of ether oxygens (including phenoxy) is 1. The van der Waals surface area contributed by atoms with Gasteiger partial charge in [0.15, 0.2) is 0 Å². The van der Waals surface area contributed by atoms with E-state index in [0.29, 0.717) is 5.56 Å². The van der Waals surface area contributed by atoms with Crippen LogP contribution < -0.4 is 5.32 Å². The molecule has 0 aromatic heterocycles. The van der Waals surface area contributed by atoms with Gasteiger partial charge in [-0.1, -0.05) is 15.9 Å². The first-order chi connectivity index (χ1) is 10.7. The first-order valence-corrected chi connectivity index (χ1v) is 8.44. The van der Waals surface area contributed by atoms with E-state index in [4.69, 9.17) is 0 Å². The van der Waals surface area contributed by atoms with Gasteiger partial charge in [-0.15, -0.1) is 0 Å². The van der Waals surface area contributed by atoms with E-state index < -0.39 is 17.7 Å². The van der Waals surface area contributed by atoms with E-state index in [0.717, 1.165) is 32.4 Å². The summed E-state index contributed by atoms with van der Waals surface area (Å²) in [7, 11) is 1.16. The van der Waals surface area contributed by atoms with Gasteiger partial charge in [-0.2, -0.15) is 13.2 Å². The van der Waals surface area contributed by atoms with Gasteiger partial charge in [0.1, 0.15) is 0 Å². The minimum absolute atomic E-state index is 0.0298. The molecule has 1 fully saturated rings. The summed E-state index contributed by atoms with van der Waals surface area (Å²) in [6.45, 7) is 2.33. The Hall–Kier alpha value is -1.08. The van der Waals surface area contributed by atoms with Crippen molar-refractivity contribution in [3.8, 4) is 0 Å². The van der Waals surface area contributed by atoms with Gasteiger partial charge in [0, 0.05) is 17.4 Å². The fraction of sp³-hybridized carbons (Fsp3) is 0.562. The van der Waals surface area contributed by atoms with Gasteiger partial charge >= 0.3 is 12.1 Å². The molecule has 3 nitrogen and oxygen atoms in total. The number of benzene rings is 1. The van der Waals surface area contributed by atoms with Crippen molar-refractivity contribution in [2.45, 2.75) is 49.8 Å². The van der Waals surface area contributed by atoms with Crippen LogP contribution in [0.25, 0.3) is 0 Å². The number of halogens is 4. The molecule has 1 aliphatic rings. The fourth-order valence-electron chi connectivity index (χ4n) is 2.72. The van der Waals surface area contributed by atoms with E-state index in [1.807, 2.05) is 0 Å². The maximum atomic E-state index is 13.3. The lowest BCUT2D eigenvalue weighted by molar-refractivity contribution is -0.138. The Morgan fingerprint density at radius 3 is 2.48 bits per heavy atom. The summed E-state index contributed by atoms with van der Waals surface area (Å²) >= 11 is 3.04. The van der Waals surface area contributed by atoms with Gasteiger partial charge in [0.25, 0.3) is 0 Å². The topological polar surface area (TPSA) is 38.3 Å². The number of nitrogens with one attached hydrogen (secondary N) is 1. The zero-order chi connectivity index (χ0) is 17.3. The number of methoxy groups -OCH3 is 1. The summed E-state index contributed by atoms with van der Waals surface area (Å²) in [5.41, 5.74) is -0.543. The van der Waals surface area contributed by atoms with Crippen molar-refractivity contribution in [3.63, 3.8) is 0 Å². The van der Waals surface area contributed by atoms with Crippen molar-refractivity contribution in [2.75, 3.05) is 7.11 Å². The first-order valence-electron chi connectivity index (χ1n) is 7.32. The normalized spacial score (nSPS) is 16.8. The number of carbonyl (C=O) groups is 1. The van der Waals surface area contributed by atoms with Crippen LogP contribution in [0, 0.1) is 0 Å². The van der Waals surface area contributed by atoms with E-state index in [1.54, 1.807) is 0 Å². The molecule has 0 radical (unpaired) electrons. The van der Waals surface area contributed by atoms with Crippen LogP contribution in [0.3, 0.4) is 0 Å². The molecule has 1 aromatic rings. The van der Waals surface area contributed by atoms with Gasteiger partial charge in [0.05, 0.1) is 18.2 Å². The molecule has 1 aliphatic carbocycles. The molecule has 0 unspecified atom stereocenters. The van der Waals surface area contributed by atoms with Crippen LogP contribution in [0.5, 0.6) is 0 Å². The molecule has 0 heterocycles. The van der Waals surface area contributed by atoms with Crippen molar-refractivity contribution in [1.82, 2.24) is 5.32 Å². The number of hydrogen-bond donors (Lipinski definition) is 1. The molecule has 0 aliphatic heterocycles. The summed E-state index contributed by atoms with van der Waals surface area (Å²) < 4.78 is 44.6. The number of esters is 1. The van der Waals surface area contributed by atoms with Crippen LogP contribution in [-0.2, 0) is 22.8 Å². The van der Waals surface area contributed by atoms with Crippen molar-refractivity contribution in [1.29, 1.82) is 0 Å². The van der Waals surface area contributed by atoms with Crippen LogP contribution >= 0.6 is 15.9 Å². The third kappa shape index (κ3) is 4.07. The summed E-state index contributed by atoms with van der Waals surface area (Å²) in [6.07, 6.45) is -1.40. The molecule has 7 heteroatoms. The number of carbonyl (C=O) groups excluding carboxylic acids is 1. The molecule has 0 bridgehead atoms. The molecule has 128 valence electrons. The molecule has 0 saturated heterocycles. The van der Waals surface area contributed by atoms with Crippen LogP contribution in [0.15, 0.2) is 12.1 Å². The van der Waals surface area contributed by atoms with Gasteiger partial charge in [-0.25, -0.2) is 4.79 Å². The SMILES string of the molecule is COC(=O)c1cc(CNC2(C)CCC2)cc(C(F)(F)F)c1CBr. The largest absolute Gasteiger partial charge is 0.465 e. The Bertz CT molecular complexity index is 598.